The molecule has 1 amide bonds. The van der Waals surface area contributed by atoms with Gasteiger partial charge in [0.25, 0.3) is 0 Å². The van der Waals surface area contributed by atoms with Crippen molar-refractivity contribution in [3.05, 3.63) is 71.6 Å². The highest BCUT2D eigenvalue weighted by Crippen LogP contribution is 2.23. The van der Waals surface area contributed by atoms with Crippen molar-refractivity contribution in [3.63, 3.8) is 0 Å². The summed E-state index contributed by atoms with van der Waals surface area (Å²) in [5, 5.41) is 7.38. The van der Waals surface area contributed by atoms with Crippen LogP contribution in [-0.2, 0) is 11.3 Å². The molecule has 0 spiro atoms. The lowest BCUT2D eigenvalue weighted by atomic mass is 9.94. The number of rotatable bonds is 7. The van der Waals surface area contributed by atoms with E-state index in [9.17, 15) is 4.79 Å². The number of aryl methyl sites for hydroxylation is 1. The van der Waals surface area contributed by atoms with Gasteiger partial charge in [-0.15, -0.1) is 0 Å². The molecule has 0 radical (unpaired) electrons. The lowest BCUT2D eigenvalue weighted by Crippen LogP contribution is -2.41. The maximum Gasteiger partial charge on any atom is 0.241 e. The van der Waals surface area contributed by atoms with Crippen LogP contribution in [0.1, 0.15) is 49.2 Å². The Morgan fingerprint density at radius 3 is 2.65 bits per heavy atom. The molecule has 31 heavy (non-hydrogen) atoms. The first-order chi connectivity index (χ1) is 15.1. The Morgan fingerprint density at radius 2 is 1.94 bits per heavy atom. The molecule has 1 unspecified atom stereocenters. The van der Waals surface area contributed by atoms with Crippen molar-refractivity contribution in [2.24, 2.45) is 5.92 Å². The average Bonchev–Trinajstić information content (AvgIpc) is 3.27. The van der Waals surface area contributed by atoms with Crippen LogP contribution in [0.3, 0.4) is 0 Å². The molecule has 2 heterocycles. The molecule has 1 atom stereocenters. The number of likely N-dealkylation sites (tertiary alicyclic amines) is 1. The lowest BCUT2D eigenvalue weighted by molar-refractivity contribution is -0.127. The highest BCUT2D eigenvalue weighted by molar-refractivity contribution is 5.79. The molecule has 1 aromatic heterocycles. The number of aromatic nitrogens is 2. The zero-order valence-corrected chi connectivity index (χ0v) is 18.3. The van der Waals surface area contributed by atoms with Gasteiger partial charge in [0.2, 0.25) is 17.6 Å². The van der Waals surface area contributed by atoms with E-state index in [4.69, 9.17) is 4.52 Å². The number of carbonyl (C=O) groups excluding carboxylic acids is 1. The summed E-state index contributed by atoms with van der Waals surface area (Å²) in [5.74, 6) is 1.46. The third kappa shape index (κ3) is 5.39. The SMILES string of the molecule is CCC(NC(=O)C1CCN(Cc2nc(-c3cccc(C)c3)no2)CC1)c1ccccc1. The molecule has 6 nitrogen and oxygen atoms in total. The van der Waals surface area contributed by atoms with Crippen LogP contribution in [0, 0.1) is 12.8 Å². The first kappa shape index (κ1) is 21.2. The second-order valence-electron chi connectivity index (χ2n) is 8.31. The van der Waals surface area contributed by atoms with Crippen LogP contribution in [0.25, 0.3) is 11.4 Å². The molecule has 0 saturated carbocycles. The molecule has 1 N–H and O–H groups in total. The minimum absolute atomic E-state index is 0.0551. The molecule has 4 rings (SSSR count). The summed E-state index contributed by atoms with van der Waals surface area (Å²) >= 11 is 0. The Hall–Kier alpha value is -2.99. The first-order valence-corrected chi connectivity index (χ1v) is 11.1. The van der Waals surface area contributed by atoms with Gasteiger partial charge in [-0.3, -0.25) is 9.69 Å². The molecule has 3 aromatic rings. The number of piperidine rings is 1. The van der Waals surface area contributed by atoms with Gasteiger partial charge in [0.1, 0.15) is 0 Å². The Morgan fingerprint density at radius 1 is 1.16 bits per heavy atom. The van der Waals surface area contributed by atoms with Gasteiger partial charge in [0.15, 0.2) is 0 Å². The first-order valence-electron chi connectivity index (χ1n) is 11.1. The van der Waals surface area contributed by atoms with Gasteiger partial charge >= 0.3 is 0 Å². The summed E-state index contributed by atoms with van der Waals surface area (Å²) < 4.78 is 5.47. The Labute approximate surface area is 183 Å². The fourth-order valence-corrected chi connectivity index (χ4v) is 4.16. The minimum atomic E-state index is 0.0551. The van der Waals surface area contributed by atoms with Crippen molar-refractivity contribution < 1.29 is 9.32 Å². The minimum Gasteiger partial charge on any atom is -0.349 e. The molecule has 1 aliphatic rings. The van der Waals surface area contributed by atoms with Gasteiger partial charge in [0, 0.05) is 11.5 Å². The van der Waals surface area contributed by atoms with Crippen LogP contribution < -0.4 is 5.32 Å². The summed E-state index contributed by atoms with van der Waals surface area (Å²) in [5.41, 5.74) is 3.30. The molecule has 162 valence electrons. The maximum atomic E-state index is 12.8. The van der Waals surface area contributed by atoms with E-state index in [0.29, 0.717) is 18.3 Å². The molecule has 1 saturated heterocycles. The molecule has 6 heteroatoms. The molecule has 0 bridgehead atoms. The summed E-state index contributed by atoms with van der Waals surface area (Å²) in [4.78, 5) is 19.7. The highest BCUT2D eigenvalue weighted by Gasteiger charge is 2.27. The van der Waals surface area contributed by atoms with Gasteiger partial charge in [0.05, 0.1) is 12.6 Å². The summed E-state index contributed by atoms with van der Waals surface area (Å²) in [6.07, 6.45) is 2.57. The Balaban J connectivity index is 1.28. The van der Waals surface area contributed by atoms with Gasteiger partial charge in [-0.25, -0.2) is 0 Å². The third-order valence-electron chi connectivity index (χ3n) is 5.99. The van der Waals surface area contributed by atoms with Crippen LogP contribution in [0.5, 0.6) is 0 Å². The van der Waals surface area contributed by atoms with Gasteiger partial charge in [-0.05, 0) is 50.9 Å². The number of hydrogen-bond donors (Lipinski definition) is 1. The monoisotopic (exact) mass is 418 g/mol. The molecule has 1 fully saturated rings. The highest BCUT2D eigenvalue weighted by atomic mass is 16.5. The van der Waals surface area contributed by atoms with E-state index < -0.39 is 0 Å². The third-order valence-corrected chi connectivity index (χ3v) is 5.99. The normalized spacial score (nSPS) is 16.2. The zero-order valence-electron chi connectivity index (χ0n) is 18.3. The fraction of sp³-hybridized carbons (Fsp3) is 0.400. The van der Waals surface area contributed by atoms with Crippen LogP contribution in [0.4, 0.5) is 0 Å². The topological polar surface area (TPSA) is 71.3 Å². The fourth-order valence-electron chi connectivity index (χ4n) is 4.16. The number of carbonyl (C=O) groups is 1. The van der Waals surface area contributed by atoms with Crippen LogP contribution >= 0.6 is 0 Å². The number of benzene rings is 2. The largest absolute Gasteiger partial charge is 0.349 e. The molecular formula is C25H30N4O2. The van der Waals surface area contributed by atoms with E-state index in [1.165, 1.54) is 5.56 Å². The lowest BCUT2D eigenvalue weighted by Gasteiger charge is -2.31. The maximum absolute atomic E-state index is 12.8. The summed E-state index contributed by atoms with van der Waals surface area (Å²) in [6, 6.07) is 18.4. The van der Waals surface area contributed by atoms with Crippen molar-refractivity contribution in [1.29, 1.82) is 0 Å². The van der Waals surface area contributed by atoms with Crippen molar-refractivity contribution in [1.82, 2.24) is 20.4 Å². The van der Waals surface area contributed by atoms with Gasteiger partial charge < -0.3 is 9.84 Å². The Kier molecular flexibility index (Phi) is 6.77. The number of nitrogens with one attached hydrogen (secondary N) is 1. The van der Waals surface area contributed by atoms with Crippen molar-refractivity contribution in [3.8, 4) is 11.4 Å². The van der Waals surface area contributed by atoms with Crippen molar-refractivity contribution in [2.75, 3.05) is 13.1 Å². The van der Waals surface area contributed by atoms with Crippen molar-refractivity contribution >= 4 is 5.91 Å². The van der Waals surface area contributed by atoms with Crippen LogP contribution in [-0.4, -0.2) is 34.0 Å². The van der Waals surface area contributed by atoms with E-state index in [1.807, 2.05) is 43.3 Å². The molecule has 0 aliphatic carbocycles. The molecule has 2 aromatic carbocycles. The predicted molar refractivity (Wildman–Crippen MR) is 120 cm³/mol. The number of hydrogen-bond acceptors (Lipinski definition) is 5. The van der Waals surface area contributed by atoms with E-state index in [-0.39, 0.29) is 17.9 Å². The smallest absolute Gasteiger partial charge is 0.241 e. The Bertz CT molecular complexity index is 994. The van der Waals surface area contributed by atoms with Gasteiger partial charge in [-0.2, -0.15) is 4.98 Å². The quantitative estimate of drug-likeness (QED) is 0.611. The molecule has 1 aliphatic heterocycles. The average molecular weight is 419 g/mol. The summed E-state index contributed by atoms with van der Waals surface area (Å²) in [6.45, 7) is 6.48. The number of nitrogens with zero attached hydrogens (tertiary/aromatic N) is 3. The zero-order chi connectivity index (χ0) is 21.6. The van der Waals surface area contributed by atoms with E-state index >= 15 is 0 Å². The summed E-state index contributed by atoms with van der Waals surface area (Å²) in [7, 11) is 0. The van der Waals surface area contributed by atoms with Crippen LogP contribution in [0.2, 0.25) is 0 Å². The molecular weight excluding hydrogens is 388 g/mol. The predicted octanol–water partition coefficient (Wildman–Crippen LogP) is 4.52. The van der Waals surface area contributed by atoms with Crippen molar-refractivity contribution in [2.45, 2.75) is 45.7 Å². The van der Waals surface area contributed by atoms with Crippen LogP contribution in [0.15, 0.2) is 59.1 Å². The van der Waals surface area contributed by atoms with E-state index in [1.54, 1.807) is 0 Å². The standard InChI is InChI=1S/C25H30N4O2/c1-3-22(19-9-5-4-6-10-19)26-25(30)20-12-14-29(15-13-20)17-23-27-24(28-31-23)21-11-7-8-18(2)16-21/h4-11,16,20,22H,3,12-15,17H2,1-2H3,(H,26,30). The van der Waals surface area contributed by atoms with Gasteiger partial charge in [-0.1, -0.05) is 66.2 Å². The van der Waals surface area contributed by atoms with E-state index in [0.717, 1.165) is 43.5 Å². The number of amides is 1. The second kappa shape index (κ2) is 9.88. The van der Waals surface area contributed by atoms with E-state index in [2.05, 4.69) is 45.5 Å². The second-order valence-corrected chi connectivity index (χ2v) is 8.31.